The molecule has 3 heteroatoms. The Hall–Kier alpha value is -1.22. The van der Waals surface area contributed by atoms with Crippen LogP contribution in [0.25, 0.3) is 0 Å². The quantitative estimate of drug-likeness (QED) is 0.605. The van der Waals surface area contributed by atoms with Crippen LogP contribution in [0.1, 0.15) is 5.56 Å². The highest BCUT2D eigenvalue weighted by Crippen LogP contribution is 2.25. The molecule has 0 saturated heterocycles. The van der Waals surface area contributed by atoms with Gasteiger partial charge in [-0.05, 0) is 12.1 Å². The van der Waals surface area contributed by atoms with E-state index in [2.05, 4.69) is 0 Å². The molecule has 0 saturated carbocycles. The topological polar surface area (TPSA) is 64.3 Å². The molecule has 0 unspecified atom stereocenters. The molecule has 0 spiro atoms. The fourth-order valence-corrected chi connectivity index (χ4v) is 0.744. The van der Waals surface area contributed by atoms with Crippen LogP contribution >= 0.6 is 0 Å². The summed E-state index contributed by atoms with van der Waals surface area (Å²) < 4.78 is 0. The van der Waals surface area contributed by atoms with Crippen LogP contribution in [-0.4, -0.2) is 10.2 Å². The zero-order chi connectivity index (χ0) is 7.56. The predicted molar refractivity (Wildman–Crippen MR) is 36.6 cm³/mol. The number of phenols is 2. The van der Waals surface area contributed by atoms with Gasteiger partial charge in [-0.2, -0.15) is 0 Å². The number of hydrogen-bond donors (Lipinski definition) is 2. The number of benzene rings is 1. The van der Waals surface area contributed by atoms with Crippen LogP contribution in [0, 0.1) is 0 Å². The molecule has 3 N–H and O–H groups in total. The van der Waals surface area contributed by atoms with Crippen LogP contribution in [0.2, 0.25) is 0 Å². The van der Waals surface area contributed by atoms with Crippen molar-refractivity contribution >= 4 is 0 Å². The highest BCUT2D eigenvalue weighted by molar-refractivity contribution is 5.42. The second-order valence-electron chi connectivity index (χ2n) is 1.95. The van der Waals surface area contributed by atoms with E-state index in [1.807, 2.05) is 0 Å². The summed E-state index contributed by atoms with van der Waals surface area (Å²) in [5, 5.41) is 18.0. The molecule has 1 radical (unpaired) electrons. The number of phenolic OH excluding ortho intramolecular Hbond substituents is 2. The third kappa shape index (κ3) is 1.04. The van der Waals surface area contributed by atoms with E-state index in [9.17, 15) is 0 Å². The van der Waals surface area contributed by atoms with Crippen LogP contribution in [0.3, 0.4) is 0 Å². The molecule has 0 aliphatic carbocycles. The maximum absolute atomic E-state index is 9.01. The van der Waals surface area contributed by atoms with E-state index < -0.39 is 0 Å². The van der Waals surface area contributed by atoms with Crippen LogP contribution in [0.4, 0.5) is 0 Å². The number of nitrogens with one attached hydrogen (secondary N) is 1. The average Bonchev–Trinajstić information content (AvgIpc) is 1.88. The Morgan fingerprint density at radius 3 is 2.00 bits per heavy atom. The fourth-order valence-electron chi connectivity index (χ4n) is 0.744. The van der Waals surface area contributed by atoms with Gasteiger partial charge in [0.2, 0.25) is 0 Å². The minimum absolute atomic E-state index is 0.0185. The zero-order valence-electron chi connectivity index (χ0n) is 5.33. The third-order valence-electron chi connectivity index (χ3n) is 1.30. The fraction of sp³-hybridized carbons (Fsp3) is 0.143. The Kier molecular flexibility index (Phi) is 1.78. The lowest BCUT2D eigenvalue weighted by atomic mass is 10.2. The largest absolute Gasteiger partial charge is 0.507 e. The predicted octanol–water partition coefficient (Wildman–Crippen LogP) is 0.881. The van der Waals surface area contributed by atoms with E-state index in [0.717, 1.165) is 0 Å². The maximum atomic E-state index is 9.01. The van der Waals surface area contributed by atoms with Gasteiger partial charge in [-0.1, -0.05) is 6.07 Å². The normalized spacial score (nSPS) is 9.70. The van der Waals surface area contributed by atoms with Crippen LogP contribution in [0.5, 0.6) is 11.5 Å². The minimum atomic E-state index is -0.0987. The maximum Gasteiger partial charge on any atom is 0.123 e. The van der Waals surface area contributed by atoms with Crippen molar-refractivity contribution in [1.29, 1.82) is 0 Å². The van der Waals surface area contributed by atoms with Crippen molar-refractivity contribution in [3.8, 4) is 11.5 Å². The van der Waals surface area contributed by atoms with Crippen molar-refractivity contribution < 1.29 is 10.2 Å². The van der Waals surface area contributed by atoms with Gasteiger partial charge in [-0.3, -0.25) is 5.73 Å². The first-order valence-electron chi connectivity index (χ1n) is 2.90. The molecule has 1 rings (SSSR count). The van der Waals surface area contributed by atoms with Gasteiger partial charge in [-0.25, -0.2) is 0 Å². The van der Waals surface area contributed by atoms with Crippen molar-refractivity contribution in [2.24, 2.45) is 0 Å². The van der Waals surface area contributed by atoms with Crippen molar-refractivity contribution in [2.75, 3.05) is 0 Å². The smallest absolute Gasteiger partial charge is 0.123 e. The number of hydrogen-bond acceptors (Lipinski definition) is 2. The number of aromatic hydroxyl groups is 2. The van der Waals surface area contributed by atoms with Crippen LogP contribution in [-0.2, 0) is 6.54 Å². The molecule has 3 nitrogen and oxygen atoms in total. The average molecular weight is 138 g/mol. The Morgan fingerprint density at radius 2 is 1.70 bits per heavy atom. The first kappa shape index (κ1) is 6.89. The van der Waals surface area contributed by atoms with E-state index in [1.54, 1.807) is 0 Å². The highest BCUT2D eigenvalue weighted by Gasteiger charge is 2.02. The first-order chi connectivity index (χ1) is 4.75. The minimum Gasteiger partial charge on any atom is -0.507 e. The third-order valence-corrected chi connectivity index (χ3v) is 1.30. The lowest BCUT2D eigenvalue weighted by Crippen LogP contribution is -1.85. The van der Waals surface area contributed by atoms with Crippen molar-refractivity contribution in [3.63, 3.8) is 0 Å². The van der Waals surface area contributed by atoms with Gasteiger partial charge in [0.1, 0.15) is 11.5 Å². The second kappa shape index (κ2) is 2.58. The summed E-state index contributed by atoms with van der Waals surface area (Å²) in [6, 6.07) is 4.43. The molecule has 1 aromatic rings. The van der Waals surface area contributed by atoms with Gasteiger partial charge in [0.05, 0.1) is 5.56 Å². The molecule has 0 bridgehead atoms. The highest BCUT2D eigenvalue weighted by atomic mass is 16.3. The standard InChI is InChI=1S/C7H8NO2/c8-4-5-6(9)2-1-3-7(5)10/h1-3,8-10H,4H2. The van der Waals surface area contributed by atoms with Crippen molar-refractivity contribution in [1.82, 2.24) is 5.73 Å². The molecule has 10 heavy (non-hydrogen) atoms. The summed E-state index contributed by atoms with van der Waals surface area (Å²) in [5.74, 6) is -0.0370. The molecular weight excluding hydrogens is 130 g/mol. The number of rotatable bonds is 1. The molecule has 0 aliphatic rings. The van der Waals surface area contributed by atoms with Crippen LogP contribution < -0.4 is 5.73 Å². The lowest BCUT2D eigenvalue weighted by Gasteiger charge is -2.01. The van der Waals surface area contributed by atoms with Crippen molar-refractivity contribution in [3.05, 3.63) is 23.8 Å². The molecule has 0 aromatic heterocycles. The SMILES string of the molecule is [NH]Cc1c(O)cccc1O. The van der Waals surface area contributed by atoms with Gasteiger partial charge >= 0.3 is 0 Å². The summed E-state index contributed by atoms with van der Waals surface area (Å²) in [4.78, 5) is 0. The Morgan fingerprint density at radius 1 is 1.20 bits per heavy atom. The molecule has 0 fully saturated rings. The lowest BCUT2D eigenvalue weighted by molar-refractivity contribution is 0.438. The molecular formula is C7H8NO2. The van der Waals surface area contributed by atoms with E-state index in [1.165, 1.54) is 18.2 Å². The van der Waals surface area contributed by atoms with Crippen LogP contribution in [0.15, 0.2) is 18.2 Å². The van der Waals surface area contributed by atoms with Gasteiger partial charge in [0.15, 0.2) is 0 Å². The molecule has 0 aliphatic heterocycles. The van der Waals surface area contributed by atoms with Gasteiger partial charge < -0.3 is 10.2 Å². The molecule has 1 aromatic carbocycles. The summed E-state index contributed by atoms with van der Waals surface area (Å²) in [6.07, 6.45) is 0. The second-order valence-corrected chi connectivity index (χ2v) is 1.95. The molecule has 53 valence electrons. The summed E-state index contributed by atoms with van der Waals surface area (Å²) >= 11 is 0. The Labute approximate surface area is 58.7 Å². The zero-order valence-corrected chi connectivity index (χ0v) is 5.33. The summed E-state index contributed by atoms with van der Waals surface area (Å²) in [6.45, 7) is -0.0987. The molecule has 0 amide bonds. The van der Waals surface area contributed by atoms with E-state index in [0.29, 0.717) is 0 Å². The first-order valence-corrected chi connectivity index (χ1v) is 2.90. The van der Waals surface area contributed by atoms with Gasteiger partial charge in [-0.15, -0.1) is 0 Å². The molecule has 0 atom stereocenters. The van der Waals surface area contributed by atoms with E-state index in [-0.39, 0.29) is 23.6 Å². The Bertz CT molecular complexity index is 215. The van der Waals surface area contributed by atoms with Gasteiger partial charge in [0, 0.05) is 6.54 Å². The van der Waals surface area contributed by atoms with E-state index in [4.69, 9.17) is 15.9 Å². The molecule has 0 heterocycles. The monoisotopic (exact) mass is 138 g/mol. The van der Waals surface area contributed by atoms with Crippen molar-refractivity contribution in [2.45, 2.75) is 6.54 Å². The Balaban J connectivity index is 3.17. The summed E-state index contributed by atoms with van der Waals surface area (Å²) in [5.41, 5.74) is 7.19. The van der Waals surface area contributed by atoms with E-state index >= 15 is 0 Å². The van der Waals surface area contributed by atoms with Gasteiger partial charge in [0.25, 0.3) is 0 Å². The summed E-state index contributed by atoms with van der Waals surface area (Å²) in [7, 11) is 0.